The highest BCUT2D eigenvalue weighted by Gasteiger charge is 1.98. The van der Waals surface area contributed by atoms with Crippen LogP contribution in [-0.4, -0.2) is 26.4 Å². The van der Waals surface area contributed by atoms with E-state index in [1.54, 1.807) is 0 Å². The number of carbonyl (C=O) groups excluding carboxylic acids is 1. The van der Waals surface area contributed by atoms with E-state index in [-0.39, 0.29) is 12.8 Å². The number of halogens is 1. The van der Waals surface area contributed by atoms with Crippen molar-refractivity contribution in [1.82, 2.24) is 10.6 Å². The fourth-order valence-electron chi connectivity index (χ4n) is 1.17. The quantitative estimate of drug-likeness (QED) is 0.813. The molecule has 0 spiro atoms. The molecule has 0 atom stereocenters. The van der Waals surface area contributed by atoms with Crippen molar-refractivity contribution in [3.8, 4) is 0 Å². The van der Waals surface area contributed by atoms with E-state index in [0.717, 1.165) is 10.9 Å². The Morgan fingerprint density at radius 2 is 2.00 bits per heavy atom. The van der Waals surface area contributed by atoms with Gasteiger partial charge in [-0.1, -0.05) is 28.1 Å². The Hall–Kier alpha value is -1.07. The van der Waals surface area contributed by atoms with E-state index in [1.165, 1.54) is 12.7 Å². The molecule has 2 N–H and O–H groups in total. The van der Waals surface area contributed by atoms with Crippen LogP contribution in [0.1, 0.15) is 5.56 Å². The lowest BCUT2D eigenvalue weighted by Crippen LogP contribution is -2.37. The monoisotopic (exact) mass is 286 g/mol. The minimum atomic E-state index is -0.209. The third-order valence-electron chi connectivity index (χ3n) is 1.99. The molecule has 0 aliphatic rings. The molecule has 0 radical (unpaired) electrons. The summed E-state index contributed by atoms with van der Waals surface area (Å²) in [5.74, 6) is 0. The van der Waals surface area contributed by atoms with Gasteiger partial charge in [0.05, 0.1) is 0 Å². The lowest BCUT2D eigenvalue weighted by molar-refractivity contribution is 0.172. The van der Waals surface area contributed by atoms with Gasteiger partial charge >= 0.3 is 6.03 Å². The maximum atomic E-state index is 11.1. The molecule has 0 aliphatic heterocycles. The predicted molar refractivity (Wildman–Crippen MR) is 66.3 cm³/mol. The smallest absolute Gasteiger partial charge is 0.316 e. The zero-order chi connectivity index (χ0) is 11.8. The zero-order valence-corrected chi connectivity index (χ0v) is 10.7. The van der Waals surface area contributed by atoms with Gasteiger partial charge in [-0.2, -0.15) is 0 Å². The normalized spacial score (nSPS) is 9.88. The number of methoxy groups -OCH3 is 1. The zero-order valence-electron chi connectivity index (χ0n) is 9.13. The minimum Gasteiger partial charge on any atom is -0.364 e. The van der Waals surface area contributed by atoms with Crippen LogP contribution in [0.2, 0.25) is 0 Å². The van der Waals surface area contributed by atoms with Gasteiger partial charge < -0.3 is 15.4 Å². The molecule has 0 aromatic heterocycles. The van der Waals surface area contributed by atoms with E-state index < -0.39 is 0 Å². The molecule has 0 fully saturated rings. The van der Waals surface area contributed by atoms with Crippen molar-refractivity contribution in [1.29, 1.82) is 0 Å². The van der Waals surface area contributed by atoms with Gasteiger partial charge in [0.25, 0.3) is 0 Å². The van der Waals surface area contributed by atoms with Gasteiger partial charge in [-0.15, -0.1) is 0 Å². The van der Waals surface area contributed by atoms with Gasteiger partial charge in [-0.05, 0) is 24.1 Å². The number of urea groups is 1. The summed E-state index contributed by atoms with van der Waals surface area (Å²) in [6.07, 6.45) is 0.813. The lowest BCUT2D eigenvalue weighted by atomic mass is 10.1. The summed E-state index contributed by atoms with van der Waals surface area (Å²) >= 11 is 3.37. The Labute approximate surface area is 103 Å². The Morgan fingerprint density at radius 3 is 2.62 bits per heavy atom. The third-order valence-corrected chi connectivity index (χ3v) is 2.52. The molecule has 0 aliphatic carbocycles. The van der Waals surface area contributed by atoms with Crippen molar-refractivity contribution in [2.24, 2.45) is 0 Å². The molecule has 0 unspecified atom stereocenters. The van der Waals surface area contributed by atoms with Crippen LogP contribution in [0, 0.1) is 0 Å². The van der Waals surface area contributed by atoms with Crippen LogP contribution in [-0.2, 0) is 11.2 Å². The SMILES string of the molecule is COCNC(=O)NCCc1ccc(Br)cc1. The number of benzene rings is 1. The van der Waals surface area contributed by atoms with Crippen molar-refractivity contribution in [2.75, 3.05) is 20.4 Å². The maximum absolute atomic E-state index is 11.1. The summed E-state index contributed by atoms with van der Waals surface area (Å²) in [4.78, 5) is 11.1. The number of nitrogens with one attached hydrogen (secondary N) is 2. The van der Waals surface area contributed by atoms with Gasteiger partial charge in [0, 0.05) is 18.1 Å². The fraction of sp³-hybridized carbons (Fsp3) is 0.364. The molecule has 2 amide bonds. The van der Waals surface area contributed by atoms with E-state index in [0.29, 0.717) is 6.54 Å². The highest BCUT2D eigenvalue weighted by atomic mass is 79.9. The van der Waals surface area contributed by atoms with Gasteiger partial charge in [-0.3, -0.25) is 0 Å². The van der Waals surface area contributed by atoms with Crippen LogP contribution in [0.3, 0.4) is 0 Å². The number of ether oxygens (including phenoxy) is 1. The fourth-order valence-corrected chi connectivity index (χ4v) is 1.44. The Kier molecular flexibility index (Phi) is 5.88. The number of hydrogen-bond donors (Lipinski definition) is 2. The van der Waals surface area contributed by atoms with Crippen LogP contribution < -0.4 is 10.6 Å². The van der Waals surface area contributed by atoms with E-state index in [2.05, 4.69) is 26.6 Å². The molecule has 0 saturated carbocycles. The van der Waals surface area contributed by atoms with Crippen LogP contribution in [0.5, 0.6) is 0 Å². The Morgan fingerprint density at radius 1 is 1.31 bits per heavy atom. The first-order valence-corrected chi connectivity index (χ1v) is 5.77. The van der Waals surface area contributed by atoms with Crippen molar-refractivity contribution < 1.29 is 9.53 Å². The molecule has 88 valence electrons. The lowest BCUT2D eigenvalue weighted by Gasteiger charge is -2.06. The maximum Gasteiger partial charge on any atom is 0.316 e. The average molecular weight is 287 g/mol. The molecular weight excluding hydrogens is 272 g/mol. The van der Waals surface area contributed by atoms with E-state index in [1.807, 2.05) is 24.3 Å². The summed E-state index contributed by atoms with van der Waals surface area (Å²) in [6.45, 7) is 0.835. The Bertz CT molecular complexity index is 327. The summed E-state index contributed by atoms with van der Waals surface area (Å²) in [5.41, 5.74) is 1.19. The Balaban J connectivity index is 2.20. The molecular formula is C11H15BrN2O2. The highest BCUT2D eigenvalue weighted by molar-refractivity contribution is 9.10. The van der Waals surface area contributed by atoms with Crippen LogP contribution >= 0.6 is 15.9 Å². The molecule has 4 nitrogen and oxygen atoms in total. The topological polar surface area (TPSA) is 50.4 Å². The number of carbonyl (C=O) groups is 1. The summed E-state index contributed by atoms with van der Waals surface area (Å²) < 4.78 is 5.77. The first-order valence-electron chi connectivity index (χ1n) is 4.97. The molecule has 5 heteroatoms. The summed E-state index contributed by atoms with van der Waals surface area (Å²) in [6, 6.07) is 7.82. The van der Waals surface area contributed by atoms with Crippen molar-refractivity contribution in [3.05, 3.63) is 34.3 Å². The van der Waals surface area contributed by atoms with Crippen LogP contribution in [0.25, 0.3) is 0 Å². The molecule has 0 bridgehead atoms. The van der Waals surface area contributed by atoms with E-state index in [4.69, 9.17) is 4.74 Å². The second-order valence-corrected chi connectivity index (χ2v) is 4.16. The van der Waals surface area contributed by atoms with E-state index in [9.17, 15) is 4.79 Å². The van der Waals surface area contributed by atoms with Crippen molar-refractivity contribution in [3.63, 3.8) is 0 Å². The van der Waals surface area contributed by atoms with Crippen molar-refractivity contribution >= 4 is 22.0 Å². The van der Waals surface area contributed by atoms with E-state index >= 15 is 0 Å². The number of amides is 2. The van der Waals surface area contributed by atoms with Gasteiger partial charge in [-0.25, -0.2) is 4.79 Å². The largest absolute Gasteiger partial charge is 0.364 e. The van der Waals surface area contributed by atoms with Gasteiger partial charge in [0.1, 0.15) is 6.73 Å². The predicted octanol–water partition coefficient (Wildman–Crippen LogP) is 1.89. The molecule has 0 heterocycles. The molecule has 16 heavy (non-hydrogen) atoms. The molecule has 1 aromatic carbocycles. The summed E-state index contributed by atoms with van der Waals surface area (Å²) in [5, 5.41) is 5.29. The highest BCUT2D eigenvalue weighted by Crippen LogP contribution is 2.10. The number of hydrogen-bond acceptors (Lipinski definition) is 2. The molecule has 1 aromatic rings. The minimum absolute atomic E-state index is 0.209. The molecule has 0 saturated heterocycles. The average Bonchev–Trinajstić information content (AvgIpc) is 2.29. The standard InChI is InChI=1S/C11H15BrN2O2/c1-16-8-14-11(15)13-7-6-9-2-4-10(12)5-3-9/h2-5H,6-8H2,1H3,(H2,13,14,15). The van der Waals surface area contributed by atoms with Gasteiger partial charge in [0.15, 0.2) is 0 Å². The third kappa shape index (κ3) is 5.14. The second kappa shape index (κ2) is 7.24. The summed E-state index contributed by atoms with van der Waals surface area (Å²) in [7, 11) is 1.53. The molecule has 1 rings (SSSR count). The number of rotatable bonds is 5. The second-order valence-electron chi connectivity index (χ2n) is 3.24. The van der Waals surface area contributed by atoms with Crippen LogP contribution in [0.4, 0.5) is 4.79 Å². The van der Waals surface area contributed by atoms with Crippen molar-refractivity contribution in [2.45, 2.75) is 6.42 Å². The van der Waals surface area contributed by atoms with Crippen LogP contribution in [0.15, 0.2) is 28.7 Å². The first-order chi connectivity index (χ1) is 7.72. The first kappa shape index (κ1) is 13.0. The van der Waals surface area contributed by atoms with Gasteiger partial charge in [0.2, 0.25) is 0 Å².